The van der Waals surface area contributed by atoms with Gasteiger partial charge in [-0.2, -0.15) is 5.26 Å². The van der Waals surface area contributed by atoms with Crippen molar-refractivity contribution in [3.05, 3.63) is 60.6 Å². The molecule has 1 fully saturated rings. The highest BCUT2D eigenvalue weighted by molar-refractivity contribution is 5.69. The van der Waals surface area contributed by atoms with Gasteiger partial charge in [0, 0.05) is 68.6 Å². The molecule has 1 saturated heterocycles. The molecule has 4 rings (SSSR count). The summed E-state index contributed by atoms with van der Waals surface area (Å²) >= 11 is 0. The van der Waals surface area contributed by atoms with Crippen LogP contribution in [-0.2, 0) is 16.1 Å². The smallest absolute Gasteiger partial charge is 0.317 e. The molecule has 1 unspecified atom stereocenters. The Labute approximate surface area is 240 Å². The van der Waals surface area contributed by atoms with Gasteiger partial charge in [-0.05, 0) is 48.4 Å². The Kier molecular flexibility index (Phi) is 11.3. The summed E-state index contributed by atoms with van der Waals surface area (Å²) in [6.07, 6.45) is 6.51. The number of nitrogens with two attached hydrogens (primary N) is 1. The summed E-state index contributed by atoms with van der Waals surface area (Å²) in [6, 6.07) is 14.2. The number of carboxylic acid groups (broad SMARTS) is 1. The summed E-state index contributed by atoms with van der Waals surface area (Å²) in [5.74, 6) is 0.445. The van der Waals surface area contributed by atoms with Crippen LogP contribution in [0.15, 0.2) is 55.0 Å². The van der Waals surface area contributed by atoms with Gasteiger partial charge in [-0.3, -0.25) is 14.6 Å². The van der Waals surface area contributed by atoms with E-state index in [0.29, 0.717) is 57.6 Å². The van der Waals surface area contributed by atoms with Gasteiger partial charge < -0.3 is 26.2 Å². The highest BCUT2D eigenvalue weighted by Crippen LogP contribution is 2.24. The monoisotopic (exact) mass is 559 g/mol. The molecule has 1 aliphatic rings. The maximum atomic E-state index is 11.2. The number of aromatic nitrogens is 3. The number of nitrogens with zero attached hydrogens (tertiary/aromatic N) is 6. The number of nitriles is 1. The Morgan fingerprint density at radius 1 is 1.17 bits per heavy atom. The number of anilines is 3. The number of nitrogens with one attached hydrogen (secondary N) is 2. The average Bonchev–Trinajstić information content (AvgIpc) is 2.97. The lowest BCUT2D eigenvalue weighted by atomic mass is 10.1. The number of piperazine rings is 1. The molecule has 3 heterocycles. The Morgan fingerprint density at radius 3 is 2.80 bits per heavy atom. The van der Waals surface area contributed by atoms with Crippen molar-refractivity contribution in [3.8, 4) is 17.2 Å². The molecule has 1 aliphatic heterocycles. The zero-order valence-corrected chi connectivity index (χ0v) is 23.1. The third kappa shape index (κ3) is 9.47. The number of pyridine rings is 1. The summed E-state index contributed by atoms with van der Waals surface area (Å²) in [4.78, 5) is 28.8. The van der Waals surface area contributed by atoms with Crippen molar-refractivity contribution in [1.82, 2.24) is 24.8 Å². The first kappa shape index (κ1) is 29.8. The quantitative estimate of drug-likeness (QED) is 0.201. The van der Waals surface area contributed by atoms with Crippen molar-refractivity contribution in [1.29, 1.82) is 5.26 Å². The second-order valence-corrected chi connectivity index (χ2v) is 9.86. The molecule has 0 radical (unpaired) electrons. The lowest BCUT2D eigenvalue weighted by Gasteiger charge is -2.40. The zero-order chi connectivity index (χ0) is 28.9. The van der Waals surface area contributed by atoms with Gasteiger partial charge in [0.1, 0.15) is 5.82 Å². The zero-order valence-electron chi connectivity index (χ0n) is 23.1. The predicted octanol–water partition coefficient (Wildman–Crippen LogP) is 2.54. The molecule has 0 amide bonds. The lowest BCUT2D eigenvalue weighted by molar-refractivity contribution is -0.139. The number of carbonyl (C=O) groups is 1. The molecule has 5 N–H and O–H groups in total. The second kappa shape index (κ2) is 15.6. The van der Waals surface area contributed by atoms with Gasteiger partial charge >= 0.3 is 5.97 Å². The van der Waals surface area contributed by atoms with E-state index in [9.17, 15) is 9.90 Å². The van der Waals surface area contributed by atoms with Gasteiger partial charge in [0.2, 0.25) is 5.95 Å². The van der Waals surface area contributed by atoms with Crippen LogP contribution >= 0.6 is 0 Å². The highest BCUT2D eigenvalue weighted by atomic mass is 16.5. The van der Waals surface area contributed by atoms with Crippen LogP contribution in [0.5, 0.6) is 0 Å². The van der Waals surface area contributed by atoms with E-state index in [1.807, 2.05) is 29.2 Å². The molecule has 0 aliphatic carbocycles. The summed E-state index contributed by atoms with van der Waals surface area (Å²) < 4.78 is 5.74. The van der Waals surface area contributed by atoms with E-state index in [2.05, 4.69) is 48.7 Å². The molecule has 3 aromatic rings. The van der Waals surface area contributed by atoms with Crippen molar-refractivity contribution in [2.75, 3.05) is 63.1 Å². The fourth-order valence-electron chi connectivity index (χ4n) is 4.67. The highest BCUT2D eigenvalue weighted by Gasteiger charge is 2.28. The minimum atomic E-state index is -0.834. The van der Waals surface area contributed by atoms with Gasteiger partial charge in [0.25, 0.3) is 0 Å². The van der Waals surface area contributed by atoms with Crippen LogP contribution < -0.4 is 16.4 Å². The summed E-state index contributed by atoms with van der Waals surface area (Å²) in [7, 11) is 0. The molecular formula is C29H37N9O3. The van der Waals surface area contributed by atoms with Crippen molar-refractivity contribution in [2.24, 2.45) is 5.73 Å². The van der Waals surface area contributed by atoms with Crippen molar-refractivity contribution >= 4 is 23.4 Å². The van der Waals surface area contributed by atoms with Gasteiger partial charge in [0.15, 0.2) is 0 Å². The SMILES string of the molecule is N#CCCOCC1CN(CC(=O)O)CCN1Cc1cccc(Nc2cc(-c3cnc(NCCCN)nc3)ccn2)c1. The molecule has 216 valence electrons. The number of carboxylic acids is 1. The molecule has 1 atom stereocenters. The van der Waals surface area contributed by atoms with Gasteiger partial charge in [0.05, 0.1) is 32.2 Å². The van der Waals surface area contributed by atoms with E-state index >= 15 is 0 Å². The van der Waals surface area contributed by atoms with Gasteiger partial charge in [-0.1, -0.05) is 12.1 Å². The third-order valence-corrected chi connectivity index (χ3v) is 6.71. The molecule has 1 aromatic carbocycles. The number of hydrogen-bond acceptors (Lipinski definition) is 11. The van der Waals surface area contributed by atoms with E-state index in [1.165, 1.54) is 0 Å². The van der Waals surface area contributed by atoms with E-state index in [4.69, 9.17) is 15.7 Å². The third-order valence-electron chi connectivity index (χ3n) is 6.71. The maximum absolute atomic E-state index is 11.2. The maximum Gasteiger partial charge on any atom is 0.317 e. The number of aliphatic carboxylic acids is 1. The molecule has 0 spiro atoms. The molecule has 12 heteroatoms. The van der Waals surface area contributed by atoms with Crippen molar-refractivity contribution in [2.45, 2.75) is 25.4 Å². The molecular weight excluding hydrogens is 522 g/mol. The van der Waals surface area contributed by atoms with Gasteiger partial charge in [-0.15, -0.1) is 0 Å². The van der Waals surface area contributed by atoms with Crippen molar-refractivity contribution < 1.29 is 14.6 Å². The fourth-order valence-corrected chi connectivity index (χ4v) is 4.67. The normalized spacial score (nSPS) is 15.8. The van der Waals surface area contributed by atoms with Crippen LogP contribution in [0.2, 0.25) is 0 Å². The second-order valence-electron chi connectivity index (χ2n) is 9.86. The first-order valence-corrected chi connectivity index (χ1v) is 13.8. The van der Waals surface area contributed by atoms with E-state index in [0.717, 1.165) is 41.9 Å². The summed E-state index contributed by atoms with van der Waals surface area (Å²) in [5.41, 5.74) is 9.40. The standard InChI is InChI=1S/C29H37N9O3/c30-7-2-9-33-29-34-16-24(17-35-29)23-6-10-32-27(15-23)36-25-5-1-4-22(14-25)18-38-12-11-37(20-28(39)40)19-26(38)21-41-13-3-8-31/h1,4-6,10,14-17,26H,2-3,7,9,11-13,18-21,30H2,(H,32,36)(H,39,40)(H,33,34,35). The van der Waals surface area contributed by atoms with Crippen LogP contribution in [0.4, 0.5) is 17.5 Å². The largest absolute Gasteiger partial charge is 0.480 e. The van der Waals surface area contributed by atoms with Gasteiger partial charge in [-0.25, -0.2) is 15.0 Å². The molecule has 2 aromatic heterocycles. The van der Waals surface area contributed by atoms with Crippen LogP contribution in [0, 0.1) is 11.3 Å². The van der Waals surface area contributed by atoms with E-state index in [1.54, 1.807) is 18.6 Å². The topological polar surface area (TPSA) is 166 Å². The Hall–Kier alpha value is -4.15. The first-order chi connectivity index (χ1) is 20.0. The van der Waals surface area contributed by atoms with Crippen LogP contribution in [0.1, 0.15) is 18.4 Å². The Morgan fingerprint density at radius 2 is 2.02 bits per heavy atom. The molecule has 0 bridgehead atoms. The van der Waals surface area contributed by atoms with Crippen LogP contribution in [-0.4, -0.2) is 94.4 Å². The minimum absolute atomic E-state index is 0.00988. The van der Waals surface area contributed by atoms with Crippen LogP contribution in [0.3, 0.4) is 0 Å². The predicted molar refractivity (Wildman–Crippen MR) is 156 cm³/mol. The van der Waals surface area contributed by atoms with E-state index in [-0.39, 0.29) is 12.6 Å². The van der Waals surface area contributed by atoms with Crippen LogP contribution in [0.25, 0.3) is 11.1 Å². The number of ether oxygens (including phenoxy) is 1. The van der Waals surface area contributed by atoms with E-state index < -0.39 is 5.97 Å². The fraction of sp³-hybridized carbons (Fsp3) is 0.414. The summed E-state index contributed by atoms with van der Waals surface area (Å²) in [6.45, 7) is 4.86. The molecule has 12 nitrogen and oxygen atoms in total. The first-order valence-electron chi connectivity index (χ1n) is 13.8. The molecule has 41 heavy (non-hydrogen) atoms. The molecule has 0 saturated carbocycles. The van der Waals surface area contributed by atoms with Crippen molar-refractivity contribution in [3.63, 3.8) is 0 Å². The Balaban J connectivity index is 1.39. The average molecular weight is 560 g/mol. The number of rotatable bonds is 15. The lowest BCUT2D eigenvalue weighted by Crippen LogP contribution is -2.55. The minimum Gasteiger partial charge on any atom is -0.480 e. The number of hydrogen-bond donors (Lipinski definition) is 4. The number of benzene rings is 1. The Bertz CT molecular complexity index is 1300. The summed E-state index contributed by atoms with van der Waals surface area (Å²) in [5, 5.41) is 24.6.